The van der Waals surface area contributed by atoms with Crippen LogP contribution in [0.3, 0.4) is 0 Å². The lowest BCUT2D eigenvalue weighted by atomic mass is 10.2. The fourth-order valence-electron chi connectivity index (χ4n) is 2.74. The van der Waals surface area contributed by atoms with E-state index in [9.17, 15) is 14.0 Å². The van der Waals surface area contributed by atoms with E-state index in [1.807, 2.05) is 18.3 Å². The molecule has 0 aliphatic rings. The standard InChI is InChI=1S/C20H20FN3O2/c21-17-8-6-16(7-9-17)20(26)23-14-19(25)22-11-3-12-24-13-10-15-4-1-2-5-18(15)24/h1-2,4-10,13H,3,11-12,14H2,(H,22,25)(H,23,26). The minimum Gasteiger partial charge on any atom is -0.355 e. The third-order valence-electron chi connectivity index (χ3n) is 4.09. The molecule has 0 aliphatic heterocycles. The van der Waals surface area contributed by atoms with Gasteiger partial charge in [0, 0.05) is 30.4 Å². The Morgan fingerprint density at radius 3 is 2.54 bits per heavy atom. The third kappa shape index (κ3) is 4.47. The average molecular weight is 353 g/mol. The number of halogens is 1. The average Bonchev–Trinajstić information content (AvgIpc) is 3.07. The number of hydrogen-bond donors (Lipinski definition) is 2. The van der Waals surface area contributed by atoms with E-state index < -0.39 is 11.7 Å². The van der Waals surface area contributed by atoms with Gasteiger partial charge >= 0.3 is 0 Å². The third-order valence-corrected chi connectivity index (χ3v) is 4.09. The highest BCUT2D eigenvalue weighted by Gasteiger charge is 2.08. The van der Waals surface area contributed by atoms with Crippen molar-refractivity contribution in [3.63, 3.8) is 0 Å². The number of carbonyl (C=O) groups excluding carboxylic acids is 2. The molecule has 0 spiro atoms. The van der Waals surface area contributed by atoms with E-state index in [2.05, 4.69) is 33.4 Å². The summed E-state index contributed by atoms with van der Waals surface area (Å²) in [4.78, 5) is 23.7. The predicted molar refractivity (Wildman–Crippen MR) is 98.3 cm³/mol. The highest BCUT2D eigenvalue weighted by Crippen LogP contribution is 2.15. The molecule has 1 heterocycles. The van der Waals surface area contributed by atoms with Gasteiger partial charge in [-0.2, -0.15) is 0 Å². The fourth-order valence-corrected chi connectivity index (χ4v) is 2.74. The lowest BCUT2D eigenvalue weighted by Gasteiger charge is -2.08. The van der Waals surface area contributed by atoms with Crippen molar-refractivity contribution in [2.75, 3.05) is 13.1 Å². The molecule has 2 aromatic carbocycles. The lowest BCUT2D eigenvalue weighted by Crippen LogP contribution is -2.37. The van der Waals surface area contributed by atoms with E-state index in [0.717, 1.165) is 13.0 Å². The highest BCUT2D eigenvalue weighted by atomic mass is 19.1. The van der Waals surface area contributed by atoms with E-state index in [0.29, 0.717) is 12.1 Å². The summed E-state index contributed by atoms with van der Waals surface area (Å²) in [7, 11) is 0. The molecule has 2 N–H and O–H groups in total. The summed E-state index contributed by atoms with van der Waals surface area (Å²) in [6.07, 6.45) is 2.83. The number of carbonyl (C=O) groups is 2. The van der Waals surface area contributed by atoms with Crippen molar-refractivity contribution in [2.24, 2.45) is 0 Å². The maximum Gasteiger partial charge on any atom is 0.251 e. The number of nitrogens with zero attached hydrogens (tertiary/aromatic N) is 1. The molecule has 1 aromatic heterocycles. The molecular formula is C20H20FN3O2. The molecule has 0 aliphatic carbocycles. The summed E-state index contributed by atoms with van der Waals surface area (Å²) >= 11 is 0. The highest BCUT2D eigenvalue weighted by molar-refractivity contribution is 5.96. The van der Waals surface area contributed by atoms with Gasteiger partial charge in [0.15, 0.2) is 0 Å². The number of nitrogens with one attached hydrogen (secondary N) is 2. The van der Waals surface area contributed by atoms with Crippen molar-refractivity contribution in [1.82, 2.24) is 15.2 Å². The van der Waals surface area contributed by atoms with Gasteiger partial charge in [-0.3, -0.25) is 9.59 Å². The summed E-state index contributed by atoms with van der Waals surface area (Å²) in [5, 5.41) is 6.49. The quantitative estimate of drug-likeness (QED) is 0.642. The zero-order chi connectivity index (χ0) is 18.4. The van der Waals surface area contributed by atoms with Crippen LogP contribution in [0, 0.1) is 5.82 Å². The number of hydrogen-bond acceptors (Lipinski definition) is 2. The van der Waals surface area contributed by atoms with Crippen molar-refractivity contribution in [3.05, 3.63) is 72.2 Å². The Morgan fingerprint density at radius 1 is 0.962 bits per heavy atom. The van der Waals surface area contributed by atoms with Gasteiger partial charge in [0.1, 0.15) is 5.82 Å². The van der Waals surface area contributed by atoms with Crippen LogP contribution in [0.1, 0.15) is 16.8 Å². The van der Waals surface area contributed by atoms with Crippen molar-refractivity contribution in [3.8, 4) is 0 Å². The molecule has 0 saturated carbocycles. The molecule has 3 rings (SSSR count). The smallest absolute Gasteiger partial charge is 0.251 e. The maximum absolute atomic E-state index is 12.8. The summed E-state index contributed by atoms with van der Waals surface area (Å²) in [5.74, 6) is -1.06. The van der Waals surface area contributed by atoms with Crippen LogP contribution in [0.2, 0.25) is 0 Å². The van der Waals surface area contributed by atoms with Gasteiger partial charge in [0.05, 0.1) is 6.54 Å². The van der Waals surface area contributed by atoms with E-state index in [-0.39, 0.29) is 12.5 Å². The largest absolute Gasteiger partial charge is 0.355 e. The number of amides is 2. The van der Waals surface area contributed by atoms with Gasteiger partial charge < -0.3 is 15.2 Å². The Hall–Kier alpha value is -3.15. The zero-order valence-electron chi connectivity index (χ0n) is 14.2. The Bertz CT molecular complexity index is 903. The first-order chi connectivity index (χ1) is 12.6. The van der Waals surface area contributed by atoms with Gasteiger partial charge in [0.2, 0.25) is 5.91 Å². The molecule has 0 saturated heterocycles. The number of aromatic nitrogens is 1. The molecule has 6 heteroatoms. The minimum atomic E-state index is -0.408. The predicted octanol–water partition coefficient (Wildman–Crippen LogP) is 2.72. The summed E-state index contributed by atoms with van der Waals surface area (Å²) < 4.78 is 15.0. The molecule has 0 atom stereocenters. The SMILES string of the molecule is O=C(CNC(=O)c1ccc(F)cc1)NCCCn1ccc2ccccc21. The van der Waals surface area contributed by atoms with Gasteiger partial charge in [-0.1, -0.05) is 18.2 Å². The second-order valence-electron chi connectivity index (χ2n) is 5.96. The first kappa shape index (κ1) is 17.7. The zero-order valence-corrected chi connectivity index (χ0v) is 14.2. The minimum absolute atomic E-state index is 0.108. The molecule has 26 heavy (non-hydrogen) atoms. The maximum atomic E-state index is 12.8. The second-order valence-corrected chi connectivity index (χ2v) is 5.96. The number of rotatable bonds is 7. The topological polar surface area (TPSA) is 63.1 Å². The van der Waals surface area contributed by atoms with Gasteiger partial charge in [-0.05, 0) is 48.2 Å². The second kappa shape index (κ2) is 8.29. The monoisotopic (exact) mass is 353 g/mol. The van der Waals surface area contributed by atoms with Crippen LogP contribution in [-0.4, -0.2) is 29.5 Å². The molecule has 0 radical (unpaired) electrons. The van der Waals surface area contributed by atoms with Crippen molar-refractivity contribution in [2.45, 2.75) is 13.0 Å². The molecule has 3 aromatic rings. The molecule has 5 nitrogen and oxygen atoms in total. The van der Waals surface area contributed by atoms with Crippen LogP contribution in [-0.2, 0) is 11.3 Å². The van der Waals surface area contributed by atoms with Crippen molar-refractivity contribution in [1.29, 1.82) is 0 Å². The van der Waals surface area contributed by atoms with Crippen LogP contribution in [0.15, 0.2) is 60.8 Å². The molecule has 134 valence electrons. The normalized spacial score (nSPS) is 10.7. The number of para-hydroxylation sites is 1. The van der Waals surface area contributed by atoms with Gasteiger partial charge in [0.25, 0.3) is 5.91 Å². The summed E-state index contributed by atoms with van der Waals surface area (Å²) in [6.45, 7) is 1.22. The van der Waals surface area contributed by atoms with E-state index in [1.54, 1.807) is 0 Å². The van der Waals surface area contributed by atoms with E-state index in [1.165, 1.54) is 35.2 Å². The lowest BCUT2D eigenvalue weighted by molar-refractivity contribution is -0.120. The first-order valence-electron chi connectivity index (χ1n) is 8.48. The van der Waals surface area contributed by atoms with Gasteiger partial charge in [-0.25, -0.2) is 4.39 Å². The number of aryl methyl sites for hydroxylation is 1. The van der Waals surface area contributed by atoms with Crippen LogP contribution >= 0.6 is 0 Å². The van der Waals surface area contributed by atoms with Crippen LogP contribution in [0.4, 0.5) is 4.39 Å². The van der Waals surface area contributed by atoms with Crippen LogP contribution < -0.4 is 10.6 Å². The summed E-state index contributed by atoms with van der Waals surface area (Å²) in [6, 6.07) is 15.4. The fraction of sp³-hybridized carbons (Fsp3) is 0.200. The number of benzene rings is 2. The Labute approximate surface area is 150 Å². The summed E-state index contributed by atoms with van der Waals surface area (Å²) in [5.41, 5.74) is 1.49. The van der Waals surface area contributed by atoms with E-state index in [4.69, 9.17) is 0 Å². The van der Waals surface area contributed by atoms with Crippen molar-refractivity contribution >= 4 is 22.7 Å². The molecule has 2 amide bonds. The van der Waals surface area contributed by atoms with Crippen molar-refractivity contribution < 1.29 is 14.0 Å². The Balaban J connectivity index is 1.38. The Morgan fingerprint density at radius 2 is 1.73 bits per heavy atom. The van der Waals surface area contributed by atoms with Gasteiger partial charge in [-0.15, -0.1) is 0 Å². The molecule has 0 bridgehead atoms. The number of fused-ring (bicyclic) bond motifs is 1. The molecule has 0 fully saturated rings. The molecular weight excluding hydrogens is 333 g/mol. The van der Waals surface area contributed by atoms with E-state index >= 15 is 0 Å². The Kier molecular flexibility index (Phi) is 5.63. The first-order valence-corrected chi connectivity index (χ1v) is 8.48. The van der Waals surface area contributed by atoms with Crippen LogP contribution in [0.25, 0.3) is 10.9 Å². The molecule has 0 unspecified atom stereocenters. The van der Waals surface area contributed by atoms with Crippen LogP contribution in [0.5, 0.6) is 0 Å².